The van der Waals surface area contributed by atoms with Crippen molar-refractivity contribution >= 4 is 12.1 Å². The van der Waals surface area contributed by atoms with Gasteiger partial charge in [0.15, 0.2) is 0 Å². The Hall–Kier alpha value is -2.40. The van der Waals surface area contributed by atoms with Crippen molar-refractivity contribution in [1.82, 2.24) is 30.0 Å². The van der Waals surface area contributed by atoms with Gasteiger partial charge in [-0.3, -0.25) is 10.1 Å². The van der Waals surface area contributed by atoms with Gasteiger partial charge in [-0.1, -0.05) is 0 Å². The molecule has 0 unspecified atom stereocenters. The van der Waals surface area contributed by atoms with Gasteiger partial charge in [0.05, 0.1) is 6.04 Å². The van der Waals surface area contributed by atoms with E-state index in [2.05, 4.69) is 15.1 Å². The molecule has 3 aliphatic rings. The molecule has 11 heteroatoms. The van der Waals surface area contributed by atoms with E-state index in [1.54, 1.807) is 9.80 Å². The molecule has 1 aromatic rings. The molecule has 2 atom stereocenters. The zero-order chi connectivity index (χ0) is 21.5. The Labute approximate surface area is 175 Å². The minimum atomic E-state index is -0.488. The second-order valence-electron chi connectivity index (χ2n) is 9.12. The minimum Gasteiger partial charge on any atom is -0.444 e. The van der Waals surface area contributed by atoms with E-state index < -0.39 is 11.6 Å². The van der Waals surface area contributed by atoms with E-state index in [0.29, 0.717) is 50.7 Å². The van der Waals surface area contributed by atoms with Gasteiger partial charge in [-0.15, -0.1) is 10.2 Å². The zero-order valence-corrected chi connectivity index (χ0v) is 17.8. The monoisotopic (exact) mass is 422 g/mol. The van der Waals surface area contributed by atoms with Crippen LogP contribution >= 0.6 is 0 Å². The summed E-state index contributed by atoms with van der Waals surface area (Å²) in [5.41, 5.74) is -0.488. The van der Waals surface area contributed by atoms with Gasteiger partial charge in [-0.2, -0.15) is 0 Å². The summed E-state index contributed by atoms with van der Waals surface area (Å²) in [7, 11) is 0. The number of ether oxygens (including phenoxy) is 1. The lowest BCUT2D eigenvalue weighted by Gasteiger charge is -2.35. The highest BCUT2D eigenvalue weighted by Gasteiger charge is 2.46. The summed E-state index contributed by atoms with van der Waals surface area (Å²) in [6.07, 6.45) is 1.75. The predicted octanol–water partition coefficient (Wildman–Crippen LogP) is 1.50. The molecule has 3 amide bonds. The van der Waals surface area contributed by atoms with Gasteiger partial charge in [-0.25, -0.2) is 14.7 Å². The summed E-state index contributed by atoms with van der Waals surface area (Å²) in [6, 6.07) is -0.815. The summed E-state index contributed by atoms with van der Waals surface area (Å²) in [4.78, 5) is 29.9. The van der Waals surface area contributed by atoms with Crippen LogP contribution in [0.2, 0.25) is 0 Å². The predicted molar refractivity (Wildman–Crippen MR) is 104 cm³/mol. The maximum atomic E-state index is 12.2. The molecule has 0 saturated carbocycles. The van der Waals surface area contributed by atoms with Crippen LogP contribution in [0.1, 0.15) is 51.4 Å². The molecule has 1 aromatic heterocycles. The van der Waals surface area contributed by atoms with Crippen LogP contribution in [0, 0.1) is 0 Å². The molecule has 1 N–H and O–H groups in total. The lowest BCUT2D eigenvalue weighted by Crippen LogP contribution is -2.50. The Kier molecular flexibility index (Phi) is 5.58. The van der Waals surface area contributed by atoms with Gasteiger partial charge in [0.2, 0.25) is 11.8 Å². The van der Waals surface area contributed by atoms with Crippen molar-refractivity contribution in [2.45, 2.75) is 57.7 Å². The molecule has 4 rings (SSSR count). The largest absolute Gasteiger partial charge is 0.444 e. The van der Waals surface area contributed by atoms with E-state index in [1.807, 2.05) is 20.8 Å². The summed E-state index contributed by atoms with van der Waals surface area (Å²) >= 11 is 0. The van der Waals surface area contributed by atoms with Gasteiger partial charge < -0.3 is 19.0 Å². The van der Waals surface area contributed by atoms with Gasteiger partial charge >= 0.3 is 12.1 Å². The van der Waals surface area contributed by atoms with E-state index >= 15 is 0 Å². The first-order chi connectivity index (χ1) is 14.2. The van der Waals surface area contributed by atoms with Crippen molar-refractivity contribution < 1.29 is 24.0 Å². The van der Waals surface area contributed by atoms with E-state index in [1.165, 1.54) is 0 Å². The summed E-state index contributed by atoms with van der Waals surface area (Å²) < 4.78 is 11.3. The Balaban J connectivity index is 1.25. The number of hydrogen-bond acceptors (Lipinski definition) is 8. The van der Waals surface area contributed by atoms with Gasteiger partial charge in [0, 0.05) is 45.7 Å². The van der Waals surface area contributed by atoms with Crippen LogP contribution < -0.4 is 0 Å². The lowest BCUT2D eigenvalue weighted by molar-refractivity contribution is -0.0584. The fraction of sp³-hybridized carbons (Fsp3) is 0.789. The highest BCUT2D eigenvalue weighted by Crippen LogP contribution is 2.36. The first-order valence-corrected chi connectivity index (χ1v) is 10.5. The fourth-order valence-corrected chi connectivity index (χ4v) is 4.14. The number of carbonyl (C=O) groups excluding carboxylic acids is 2. The molecule has 30 heavy (non-hydrogen) atoms. The van der Waals surface area contributed by atoms with Crippen LogP contribution in [-0.2, 0) is 11.2 Å². The van der Waals surface area contributed by atoms with Gasteiger partial charge in [0.25, 0.3) is 0 Å². The molecule has 11 nitrogen and oxygen atoms in total. The Morgan fingerprint density at radius 2 is 1.93 bits per heavy atom. The third-order valence-electron chi connectivity index (χ3n) is 5.78. The van der Waals surface area contributed by atoms with Crippen molar-refractivity contribution in [2.75, 3.05) is 39.3 Å². The van der Waals surface area contributed by atoms with Crippen molar-refractivity contribution in [3.05, 3.63) is 11.8 Å². The Morgan fingerprint density at radius 3 is 2.63 bits per heavy atom. The van der Waals surface area contributed by atoms with Crippen molar-refractivity contribution in [2.24, 2.45) is 0 Å². The van der Waals surface area contributed by atoms with Crippen LogP contribution in [-0.4, -0.2) is 98.2 Å². The van der Waals surface area contributed by atoms with E-state index in [0.717, 1.165) is 24.7 Å². The topological polar surface area (TPSA) is 115 Å². The first-order valence-electron chi connectivity index (χ1n) is 10.5. The van der Waals surface area contributed by atoms with Crippen LogP contribution in [0.15, 0.2) is 4.42 Å². The number of carbonyl (C=O) groups is 2. The highest BCUT2D eigenvalue weighted by atomic mass is 16.6. The summed E-state index contributed by atoms with van der Waals surface area (Å²) in [6.45, 7) is 9.62. The number of nitrogens with zero attached hydrogens (tertiary/aromatic N) is 6. The zero-order valence-electron chi connectivity index (χ0n) is 17.8. The average Bonchev–Trinajstić information content (AvgIpc) is 3.26. The molecule has 0 aliphatic carbocycles. The number of fused-ring (bicyclic) bond motifs is 2. The lowest BCUT2D eigenvalue weighted by atomic mass is 10.0. The Morgan fingerprint density at radius 1 is 1.20 bits per heavy atom. The summed E-state index contributed by atoms with van der Waals surface area (Å²) in [5.74, 6) is 0.969. The van der Waals surface area contributed by atoms with Gasteiger partial charge in [-0.05, 0) is 33.6 Å². The molecule has 3 saturated heterocycles. The quantitative estimate of drug-likeness (QED) is 0.726. The third-order valence-corrected chi connectivity index (χ3v) is 5.78. The highest BCUT2D eigenvalue weighted by molar-refractivity contribution is 5.76. The first kappa shape index (κ1) is 20.9. The van der Waals surface area contributed by atoms with Crippen LogP contribution in [0.5, 0.6) is 0 Å². The molecular formula is C19H30N6O5. The standard InChI is InChI=1S/C19H30N6O5/c1-19(2,3)30-18(27)23-10-8-22(9-11-23)7-6-15-20-21-16(29-15)14-5-4-13-12-24(14)17(26)25(13)28/h13-14,28H,4-12H2,1-3H3/t13-,14-/m0/s1. The molecule has 4 heterocycles. The van der Waals surface area contributed by atoms with Crippen LogP contribution in [0.3, 0.4) is 0 Å². The molecule has 0 spiro atoms. The smallest absolute Gasteiger partial charge is 0.410 e. The maximum Gasteiger partial charge on any atom is 0.410 e. The second kappa shape index (κ2) is 8.03. The normalized spacial score (nSPS) is 25.2. The molecule has 166 valence electrons. The number of piperidine rings is 1. The molecule has 2 bridgehead atoms. The molecule has 3 fully saturated rings. The number of hydrogen-bond donors (Lipinski definition) is 1. The maximum absolute atomic E-state index is 12.2. The minimum absolute atomic E-state index is 0.143. The van der Waals surface area contributed by atoms with Crippen molar-refractivity contribution in [1.29, 1.82) is 0 Å². The number of piperazine rings is 1. The summed E-state index contributed by atoms with van der Waals surface area (Å²) in [5, 5.41) is 18.9. The third kappa shape index (κ3) is 4.36. The van der Waals surface area contributed by atoms with Crippen molar-refractivity contribution in [3.8, 4) is 0 Å². The molecule has 3 aliphatic heterocycles. The van der Waals surface area contributed by atoms with E-state index in [-0.39, 0.29) is 18.2 Å². The molecule has 0 radical (unpaired) electrons. The number of rotatable bonds is 4. The second-order valence-corrected chi connectivity index (χ2v) is 9.12. The van der Waals surface area contributed by atoms with Crippen LogP contribution in [0.25, 0.3) is 0 Å². The SMILES string of the molecule is CC(C)(C)OC(=O)N1CCN(CCc2nnc([C@@H]3CC[C@H]4CN3C(=O)N4O)o2)CC1. The number of hydroxylamine groups is 2. The molecule has 0 aromatic carbocycles. The van der Waals surface area contributed by atoms with E-state index in [4.69, 9.17) is 9.15 Å². The fourth-order valence-electron chi connectivity index (χ4n) is 4.14. The van der Waals surface area contributed by atoms with Gasteiger partial charge in [0.1, 0.15) is 11.6 Å². The molecular weight excluding hydrogens is 392 g/mol. The van der Waals surface area contributed by atoms with Crippen molar-refractivity contribution in [3.63, 3.8) is 0 Å². The van der Waals surface area contributed by atoms with Crippen LogP contribution in [0.4, 0.5) is 9.59 Å². The van der Waals surface area contributed by atoms with E-state index in [9.17, 15) is 14.8 Å². The average molecular weight is 422 g/mol. The number of amides is 3. The Bertz CT molecular complexity index is 785. The number of aromatic nitrogens is 2. The number of urea groups is 1.